The molecule has 0 aromatic heterocycles. The number of hydrogen-bond acceptors (Lipinski definition) is 4. The van der Waals surface area contributed by atoms with Crippen LogP contribution < -0.4 is 14.9 Å². The molecule has 0 spiro atoms. The van der Waals surface area contributed by atoms with E-state index in [1.807, 2.05) is 25.1 Å². The number of ether oxygens (including phenoxy) is 2. The lowest BCUT2D eigenvalue weighted by molar-refractivity contribution is 0.0954. The molecule has 0 saturated carbocycles. The van der Waals surface area contributed by atoms with Gasteiger partial charge in [0, 0.05) is 11.3 Å². The lowest BCUT2D eigenvalue weighted by Crippen LogP contribution is -2.19. The summed E-state index contributed by atoms with van der Waals surface area (Å²) >= 11 is 0. The second-order valence-corrected chi connectivity index (χ2v) is 5.34. The summed E-state index contributed by atoms with van der Waals surface area (Å²) < 4.78 is 10.4. The van der Waals surface area contributed by atoms with Gasteiger partial charge in [-0.25, -0.2) is 5.43 Å². The molecule has 1 N–H and O–H groups in total. The van der Waals surface area contributed by atoms with Crippen molar-refractivity contribution in [2.75, 3.05) is 14.2 Å². The standard InChI is InChI=1S/C19H22N2O3/c1-14(9-10-15-7-5-4-6-8-15)20-21-19(22)16-11-12-17(23-2)18(13-16)24-3/h4-8,11-13H,9-10H2,1-3H3,(H,21,22)/b20-14-. The zero-order valence-electron chi connectivity index (χ0n) is 14.2. The molecule has 2 aromatic carbocycles. The predicted molar refractivity (Wildman–Crippen MR) is 94.9 cm³/mol. The van der Waals surface area contributed by atoms with Gasteiger partial charge in [0.05, 0.1) is 14.2 Å². The first-order chi connectivity index (χ1) is 11.6. The number of carbonyl (C=O) groups excluding carboxylic acids is 1. The van der Waals surface area contributed by atoms with E-state index in [1.165, 1.54) is 12.7 Å². The summed E-state index contributed by atoms with van der Waals surface area (Å²) in [6, 6.07) is 15.2. The molecule has 2 aromatic rings. The highest BCUT2D eigenvalue weighted by molar-refractivity contribution is 5.95. The van der Waals surface area contributed by atoms with Crippen molar-refractivity contribution in [1.29, 1.82) is 0 Å². The van der Waals surface area contributed by atoms with Gasteiger partial charge in [-0.1, -0.05) is 30.3 Å². The van der Waals surface area contributed by atoms with E-state index in [0.29, 0.717) is 17.1 Å². The van der Waals surface area contributed by atoms with Crippen molar-refractivity contribution in [2.45, 2.75) is 19.8 Å². The maximum atomic E-state index is 12.2. The maximum absolute atomic E-state index is 12.2. The molecule has 0 fully saturated rings. The van der Waals surface area contributed by atoms with Gasteiger partial charge in [0.15, 0.2) is 11.5 Å². The van der Waals surface area contributed by atoms with Gasteiger partial charge in [-0.15, -0.1) is 0 Å². The van der Waals surface area contributed by atoms with E-state index in [2.05, 4.69) is 22.7 Å². The van der Waals surface area contributed by atoms with Gasteiger partial charge in [0.2, 0.25) is 0 Å². The molecule has 0 radical (unpaired) electrons. The van der Waals surface area contributed by atoms with Crippen LogP contribution in [0.1, 0.15) is 29.3 Å². The molecule has 0 unspecified atom stereocenters. The third-order valence-corrected chi connectivity index (χ3v) is 3.61. The number of hydrogen-bond donors (Lipinski definition) is 1. The minimum absolute atomic E-state index is 0.282. The molecular weight excluding hydrogens is 304 g/mol. The van der Waals surface area contributed by atoms with Crippen molar-refractivity contribution in [3.05, 3.63) is 59.7 Å². The number of aryl methyl sites for hydroxylation is 1. The van der Waals surface area contributed by atoms with Gasteiger partial charge in [0.1, 0.15) is 0 Å². The van der Waals surface area contributed by atoms with Gasteiger partial charge >= 0.3 is 0 Å². The number of rotatable bonds is 7. The Morgan fingerprint density at radius 2 is 1.75 bits per heavy atom. The second-order valence-electron chi connectivity index (χ2n) is 5.34. The molecule has 0 bridgehead atoms. The molecule has 0 aliphatic rings. The fourth-order valence-electron chi connectivity index (χ4n) is 2.21. The highest BCUT2D eigenvalue weighted by atomic mass is 16.5. The number of benzene rings is 2. The Balaban J connectivity index is 1.94. The van der Waals surface area contributed by atoms with Crippen molar-refractivity contribution >= 4 is 11.6 Å². The SMILES string of the molecule is COc1ccc(C(=O)N/N=C(/C)CCc2ccccc2)cc1OC. The van der Waals surface area contributed by atoms with Crippen molar-refractivity contribution in [1.82, 2.24) is 5.43 Å². The smallest absolute Gasteiger partial charge is 0.271 e. The molecule has 5 heteroatoms. The molecule has 2 rings (SSSR count). The highest BCUT2D eigenvalue weighted by Gasteiger charge is 2.10. The fraction of sp³-hybridized carbons (Fsp3) is 0.263. The Labute approximate surface area is 142 Å². The second kappa shape index (κ2) is 8.72. The molecule has 0 aliphatic heterocycles. The first-order valence-corrected chi connectivity index (χ1v) is 7.73. The Hall–Kier alpha value is -2.82. The van der Waals surface area contributed by atoms with Crippen LogP contribution in [0.15, 0.2) is 53.6 Å². The topological polar surface area (TPSA) is 59.9 Å². The zero-order valence-corrected chi connectivity index (χ0v) is 14.2. The Kier molecular flexibility index (Phi) is 6.37. The van der Waals surface area contributed by atoms with Crippen LogP contribution in [0, 0.1) is 0 Å². The van der Waals surface area contributed by atoms with Crippen LogP contribution in [0.5, 0.6) is 11.5 Å². The number of nitrogens with one attached hydrogen (secondary N) is 1. The van der Waals surface area contributed by atoms with Gasteiger partial charge < -0.3 is 9.47 Å². The summed E-state index contributed by atoms with van der Waals surface area (Å²) in [6.45, 7) is 1.90. The molecule has 0 saturated heterocycles. The van der Waals surface area contributed by atoms with Crippen LogP contribution in [-0.2, 0) is 6.42 Å². The minimum Gasteiger partial charge on any atom is -0.493 e. The number of hydrazone groups is 1. The lowest BCUT2D eigenvalue weighted by atomic mass is 10.1. The molecule has 0 heterocycles. The van der Waals surface area contributed by atoms with E-state index in [9.17, 15) is 4.79 Å². The highest BCUT2D eigenvalue weighted by Crippen LogP contribution is 2.27. The van der Waals surface area contributed by atoms with E-state index in [-0.39, 0.29) is 5.91 Å². The maximum Gasteiger partial charge on any atom is 0.271 e. The summed E-state index contributed by atoms with van der Waals surface area (Å²) in [4.78, 5) is 12.2. The number of amides is 1. The van der Waals surface area contributed by atoms with Crippen LogP contribution >= 0.6 is 0 Å². The van der Waals surface area contributed by atoms with Gasteiger partial charge in [-0.3, -0.25) is 4.79 Å². The van der Waals surface area contributed by atoms with E-state index >= 15 is 0 Å². The summed E-state index contributed by atoms with van der Waals surface area (Å²) in [5, 5.41) is 4.16. The summed E-state index contributed by atoms with van der Waals surface area (Å²) in [6.07, 6.45) is 1.68. The normalized spacial score (nSPS) is 11.0. The van der Waals surface area contributed by atoms with Crippen molar-refractivity contribution in [3.63, 3.8) is 0 Å². The van der Waals surface area contributed by atoms with Crippen LogP contribution in [0.25, 0.3) is 0 Å². The lowest BCUT2D eigenvalue weighted by Gasteiger charge is -2.09. The molecular formula is C19H22N2O3. The molecule has 126 valence electrons. The van der Waals surface area contributed by atoms with Crippen molar-refractivity contribution in [2.24, 2.45) is 5.10 Å². The fourth-order valence-corrected chi connectivity index (χ4v) is 2.21. The molecule has 24 heavy (non-hydrogen) atoms. The average molecular weight is 326 g/mol. The summed E-state index contributed by atoms with van der Waals surface area (Å²) in [5.41, 5.74) is 5.16. The first kappa shape index (κ1) is 17.5. The third kappa shape index (κ3) is 4.84. The number of carbonyl (C=O) groups is 1. The van der Waals surface area contributed by atoms with Gasteiger partial charge in [-0.2, -0.15) is 5.10 Å². The number of nitrogens with zero attached hydrogens (tertiary/aromatic N) is 1. The van der Waals surface area contributed by atoms with Gasteiger partial charge in [-0.05, 0) is 43.5 Å². The van der Waals surface area contributed by atoms with E-state index in [0.717, 1.165) is 18.6 Å². The molecule has 0 aliphatic carbocycles. The largest absolute Gasteiger partial charge is 0.493 e. The monoisotopic (exact) mass is 326 g/mol. The van der Waals surface area contributed by atoms with Crippen LogP contribution in [0.3, 0.4) is 0 Å². The van der Waals surface area contributed by atoms with E-state index < -0.39 is 0 Å². The Bertz CT molecular complexity index is 712. The molecule has 5 nitrogen and oxygen atoms in total. The van der Waals surface area contributed by atoms with Crippen LogP contribution in [0.4, 0.5) is 0 Å². The third-order valence-electron chi connectivity index (χ3n) is 3.61. The first-order valence-electron chi connectivity index (χ1n) is 7.73. The quantitative estimate of drug-likeness (QED) is 0.626. The molecule has 0 atom stereocenters. The predicted octanol–water partition coefficient (Wildman–Crippen LogP) is 3.44. The van der Waals surface area contributed by atoms with Crippen LogP contribution in [0.2, 0.25) is 0 Å². The number of methoxy groups -OCH3 is 2. The summed E-state index contributed by atoms with van der Waals surface area (Å²) in [7, 11) is 3.09. The minimum atomic E-state index is -0.282. The Morgan fingerprint density at radius 1 is 1.04 bits per heavy atom. The zero-order chi connectivity index (χ0) is 17.4. The summed E-state index contributed by atoms with van der Waals surface area (Å²) in [5.74, 6) is 0.807. The van der Waals surface area contributed by atoms with Crippen molar-refractivity contribution < 1.29 is 14.3 Å². The van der Waals surface area contributed by atoms with Crippen molar-refractivity contribution in [3.8, 4) is 11.5 Å². The molecule has 1 amide bonds. The van der Waals surface area contributed by atoms with Gasteiger partial charge in [0.25, 0.3) is 5.91 Å². The van der Waals surface area contributed by atoms with E-state index in [4.69, 9.17) is 9.47 Å². The van der Waals surface area contributed by atoms with Crippen LogP contribution in [-0.4, -0.2) is 25.8 Å². The van der Waals surface area contributed by atoms with E-state index in [1.54, 1.807) is 25.3 Å². The average Bonchev–Trinajstić information content (AvgIpc) is 2.64. The Morgan fingerprint density at radius 3 is 2.42 bits per heavy atom.